The summed E-state index contributed by atoms with van der Waals surface area (Å²) >= 11 is 0. The van der Waals surface area contributed by atoms with Crippen molar-refractivity contribution in [2.24, 2.45) is 0 Å². The molecule has 0 aliphatic carbocycles. The minimum Gasteiger partial charge on any atom is -0.339 e. The van der Waals surface area contributed by atoms with E-state index in [9.17, 15) is 0 Å². The van der Waals surface area contributed by atoms with Gasteiger partial charge in [-0.05, 0) is 43.7 Å². The van der Waals surface area contributed by atoms with Gasteiger partial charge in [-0.15, -0.1) is 0 Å². The number of aryl methyl sites for hydroxylation is 2. The second-order valence-electron chi connectivity index (χ2n) is 6.22. The molecule has 0 radical (unpaired) electrons. The summed E-state index contributed by atoms with van der Waals surface area (Å²) in [6, 6.07) is 24.6. The number of hydrogen-bond acceptors (Lipinski definition) is 3. The molecule has 0 aliphatic rings. The predicted molar refractivity (Wildman–Crippen MR) is 104 cm³/mol. The third-order valence-corrected chi connectivity index (χ3v) is 4.28. The summed E-state index contributed by atoms with van der Waals surface area (Å²) in [4.78, 5) is 9.59. The van der Waals surface area contributed by atoms with Crippen molar-refractivity contribution in [3.8, 4) is 11.4 Å². The van der Waals surface area contributed by atoms with Gasteiger partial charge in [-0.1, -0.05) is 54.1 Å². The van der Waals surface area contributed by atoms with Gasteiger partial charge in [0.05, 0.1) is 5.52 Å². The van der Waals surface area contributed by atoms with Crippen molar-refractivity contribution in [1.29, 1.82) is 0 Å². The third-order valence-electron chi connectivity index (χ3n) is 4.28. The first kappa shape index (κ1) is 15.3. The maximum atomic E-state index is 4.83. The zero-order valence-corrected chi connectivity index (χ0v) is 14.3. The minimum atomic E-state index is 0.735. The maximum Gasteiger partial charge on any atom is 0.162 e. The highest BCUT2D eigenvalue weighted by Crippen LogP contribution is 2.28. The Morgan fingerprint density at radius 3 is 2.40 bits per heavy atom. The van der Waals surface area contributed by atoms with Gasteiger partial charge in [-0.25, -0.2) is 9.97 Å². The third kappa shape index (κ3) is 3.09. The van der Waals surface area contributed by atoms with E-state index >= 15 is 0 Å². The molecule has 3 nitrogen and oxygen atoms in total. The molecule has 0 bridgehead atoms. The summed E-state index contributed by atoms with van der Waals surface area (Å²) in [7, 11) is 0. The first-order chi connectivity index (χ1) is 12.2. The van der Waals surface area contributed by atoms with Gasteiger partial charge >= 0.3 is 0 Å². The van der Waals surface area contributed by atoms with E-state index < -0.39 is 0 Å². The number of anilines is 2. The maximum absolute atomic E-state index is 4.83. The van der Waals surface area contributed by atoms with Gasteiger partial charge in [0, 0.05) is 16.6 Å². The molecular formula is C22H19N3. The molecule has 1 N–H and O–H groups in total. The van der Waals surface area contributed by atoms with Gasteiger partial charge in [-0.2, -0.15) is 0 Å². The van der Waals surface area contributed by atoms with Crippen LogP contribution in [0.2, 0.25) is 0 Å². The Labute approximate surface area is 147 Å². The SMILES string of the molecule is Cc1cccc(-c2nc(Nc3ccccc3C)c3ccccc3n2)c1. The van der Waals surface area contributed by atoms with Crippen molar-refractivity contribution in [3.63, 3.8) is 0 Å². The first-order valence-corrected chi connectivity index (χ1v) is 8.37. The lowest BCUT2D eigenvalue weighted by Crippen LogP contribution is -2.00. The Kier molecular flexibility index (Phi) is 3.90. The highest BCUT2D eigenvalue weighted by molar-refractivity contribution is 5.92. The largest absolute Gasteiger partial charge is 0.339 e. The van der Waals surface area contributed by atoms with Crippen LogP contribution in [0.25, 0.3) is 22.3 Å². The van der Waals surface area contributed by atoms with E-state index in [1.807, 2.05) is 36.4 Å². The molecule has 0 saturated carbocycles. The van der Waals surface area contributed by atoms with Crippen molar-refractivity contribution in [2.75, 3.05) is 5.32 Å². The van der Waals surface area contributed by atoms with E-state index in [0.29, 0.717) is 0 Å². The van der Waals surface area contributed by atoms with Crippen LogP contribution in [0, 0.1) is 13.8 Å². The van der Waals surface area contributed by atoms with Gasteiger partial charge in [0.25, 0.3) is 0 Å². The number of nitrogens with one attached hydrogen (secondary N) is 1. The minimum absolute atomic E-state index is 0.735. The van der Waals surface area contributed by atoms with E-state index in [1.165, 1.54) is 11.1 Å². The fourth-order valence-electron chi connectivity index (χ4n) is 2.93. The summed E-state index contributed by atoms with van der Waals surface area (Å²) in [6.07, 6.45) is 0. The quantitative estimate of drug-likeness (QED) is 0.528. The monoisotopic (exact) mass is 325 g/mol. The number of nitrogens with zero attached hydrogens (tertiary/aromatic N) is 2. The Balaban J connectivity index is 1.89. The topological polar surface area (TPSA) is 37.8 Å². The molecule has 0 fully saturated rings. The molecule has 25 heavy (non-hydrogen) atoms. The summed E-state index contributed by atoms with van der Waals surface area (Å²) in [5, 5.41) is 4.50. The second kappa shape index (κ2) is 6.36. The Morgan fingerprint density at radius 1 is 0.760 bits per heavy atom. The zero-order valence-electron chi connectivity index (χ0n) is 14.3. The van der Waals surface area contributed by atoms with E-state index in [1.54, 1.807) is 0 Å². The number of aromatic nitrogens is 2. The molecule has 0 aliphatic heterocycles. The summed E-state index contributed by atoms with van der Waals surface area (Å²) in [6.45, 7) is 4.17. The van der Waals surface area contributed by atoms with Gasteiger partial charge in [0.2, 0.25) is 0 Å². The first-order valence-electron chi connectivity index (χ1n) is 8.37. The molecule has 0 unspecified atom stereocenters. The molecule has 0 atom stereocenters. The van der Waals surface area contributed by atoms with Crippen molar-refractivity contribution in [3.05, 3.63) is 83.9 Å². The summed E-state index contributed by atoms with van der Waals surface area (Å²) in [5.41, 5.74) is 5.40. The van der Waals surface area contributed by atoms with E-state index in [0.717, 1.165) is 33.8 Å². The van der Waals surface area contributed by atoms with Gasteiger partial charge in [0.15, 0.2) is 5.82 Å². The number of fused-ring (bicyclic) bond motifs is 1. The van der Waals surface area contributed by atoms with Crippen molar-refractivity contribution in [1.82, 2.24) is 9.97 Å². The molecule has 122 valence electrons. The van der Waals surface area contributed by atoms with Crippen LogP contribution in [-0.2, 0) is 0 Å². The molecule has 0 spiro atoms. The lowest BCUT2D eigenvalue weighted by molar-refractivity contribution is 1.22. The molecule has 0 saturated heterocycles. The van der Waals surface area contributed by atoms with Crippen molar-refractivity contribution in [2.45, 2.75) is 13.8 Å². The Bertz CT molecular complexity index is 1050. The lowest BCUT2D eigenvalue weighted by Gasteiger charge is -2.13. The number of rotatable bonds is 3. The average molecular weight is 325 g/mol. The van der Waals surface area contributed by atoms with Crippen LogP contribution in [0.15, 0.2) is 72.8 Å². The van der Waals surface area contributed by atoms with E-state index in [2.05, 4.69) is 55.6 Å². The van der Waals surface area contributed by atoms with Crippen LogP contribution in [0.1, 0.15) is 11.1 Å². The normalized spacial score (nSPS) is 10.8. The highest BCUT2D eigenvalue weighted by Gasteiger charge is 2.10. The molecule has 1 heterocycles. The van der Waals surface area contributed by atoms with Gasteiger partial charge < -0.3 is 5.32 Å². The van der Waals surface area contributed by atoms with Crippen LogP contribution < -0.4 is 5.32 Å². The standard InChI is InChI=1S/C22H19N3/c1-15-8-7-10-17(14-15)21-24-20-13-6-4-11-18(20)22(25-21)23-19-12-5-3-9-16(19)2/h3-14H,1-2H3,(H,23,24,25). The fraction of sp³-hybridized carbons (Fsp3) is 0.0909. The molecule has 3 heteroatoms. The van der Waals surface area contributed by atoms with Crippen LogP contribution in [0.5, 0.6) is 0 Å². The smallest absolute Gasteiger partial charge is 0.162 e. The second-order valence-corrected chi connectivity index (χ2v) is 6.22. The molecular weight excluding hydrogens is 306 g/mol. The predicted octanol–water partition coefficient (Wildman–Crippen LogP) is 5.66. The molecule has 3 aromatic carbocycles. The zero-order chi connectivity index (χ0) is 17.2. The average Bonchev–Trinajstić information content (AvgIpc) is 2.63. The number of hydrogen-bond donors (Lipinski definition) is 1. The summed E-state index contributed by atoms with van der Waals surface area (Å²) in [5.74, 6) is 1.56. The molecule has 4 aromatic rings. The van der Waals surface area contributed by atoms with Gasteiger partial charge in [-0.3, -0.25) is 0 Å². The highest BCUT2D eigenvalue weighted by atomic mass is 15.0. The van der Waals surface area contributed by atoms with Crippen LogP contribution in [0.3, 0.4) is 0 Å². The van der Waals surface area contributed by atoms with E-state index in [4.69, 9.17) is 9.97 Å². The van der Waals surface area contributed by atoms with Gasteiger partial charge in [0.1, 0.15) is 5.82 Å². The van der Waals surface area contributed by atoms with Crippen LogP contribution in [-0.4, -0.2) is 9.97 Å². The lowest BCUT2D eigenvalue weighted by atomic mass is 10.1. The summed E-state index contributed by atoms with van der Waals surface area (Å²) < 4.78 is 0. The molecule has 4 rings (SSSR count). The van der Waals surface area contributed by atoms with E-state index in [-0.39, 0.29) is 0 Å². The van der Waals surface area contributed by atoms with Crippen LogP contribution in [0.4, 0.5) is 11.5 Å². The van der Waals surface area contributed by atoms with Crippen molar-refractivity contribution >= 4 is 22.4 Å². The molecule has 0 amide bonds. The fourth-order valence-corrected chi connectivity index (χ4v) is 2.93. The Hall–Kier alpha value is -3.20. The number of para-hydroxylation sites is 2. The molecule has 1 aromatic heterocycles. The van der Waals surface area contributed by atoms with Crippen molar-refractivity contribution < 1.29 is 0 Å². The Morgan fingerprint density at radius 2 is 1.56 bits per heavy atom. The van der Waals surface area contributed by atoms with Crippen LogP contribution >= 0.6 is 0 Å². The number of benzene rings is 3.